The number of benzene rings is 1. The highest BCUT2D eigenvalue weighted by Crippen LogP contribution is 2.35. The number of likely N-dealkylation sites (N-methyl/N-ethyl adjacent to an activating group) is 1. The standard InChI is InChI=1S/C20H22ClN3O4S/c1-12-16-18(27-4)22-15(11-26-3)23-19(16)29-17(12)20(25)24(2)8-9-28-14-7-5-6-13(21)10-14/h5-7,10H,8-9,11H2,1-4H3. The van der Waals surface area contributed by atoms with Crippen molar-refractivity contribution in [2.45, 2.75) is 13.5 Å². The number of aromatic nitrogens is 2. The number of carbonyl (C=O) groups excluding carboxylic acids is 1. The number of carbonyl (C=O) groups is 1. The molecule has 154 valence electrons. The van der Waals surface area contributed by atoms with Crippen LogP contribution in [0.1, 0.15) is 21.1 Å². The molecule has 3 aromatic rings. The zero-order valence-corrected chi connectivity index (χ0v) is 18.3. The van der Waals surface area contributed by atoms with Gasteiger partial charge in [0.15, 0.2) is 5.82 Å². The van der Waals surface area contributed by atoms with Gasteiger partial charge in [0, 0.05) is 19.2 Å². The number of fused-ring (bicyclic) bond motifs is 1. The molecule has 0 aliphatic rings. The third-order valence-electron chi connectivity index (χ3n) is 4.30. The predicted octanol–water partition coefficient (Wildman–Crippen LogP) is 3.96. The van der Waals surface area contributed by atoms with Crippen LogP contribution in [-0.2, 0) is 11.3 Å². The lowest BCUT2D eigenvalue weighted by atomic mass is 10.2. The van der Waals surface area contributed by atoms with E-state index in [2.05, 4.69) is 9.97 Å². The van der Waals surface area contributed by atoms with Crippen LogP contribution in [0.5, 0.6) is 11.6 Å². The van der Waals surface area contributed by atoms with Crippen LogP contribution in [0.25, 0.3) is 10.2 Å². The van der Waals surface area contributed by atoms with Crippen molar-refractivity contribution in [1.82, 2.24) is 14.9 Å². The van der Waals surface area contributed by atoms with Crippen molar-refractivity contribution in [3.8, 4) is 11.6 Å². The van der Waals surface area contributed by atoms with E-state index in [1.54, 1.807) is 38.3 Å². The minimum atomic E-state index is -0.101. The highest BCUT2D eigenvalue weighted by molar-refractivity contribution is 7.20. The molecule has 2 aromatic heterocycles. The van der Waals surface area contributed by atoms with Crippen molar-refractivity contribution in [3.63, 3.8) is 0 Å². The maximum atomic E-state index is 13.0. The minimum absolute atomic E-state index is 0.101. The Bertz CT molecular complexity index is 1020. The molecule has 0 spiro atoms. The highest BCUT2D eigenvalue weighted by Gasteiger charge is 2.23. The molecule has 0 fully saturated rings. The molecule has 9 heteroatoms. The summed E-state index contributed by atoms with van der Waals surface area (Å²) in [5.74, 6) is 1.53. The van der Waals surface area contributed by atoms with E-state index in [9.17, 15) is 4.79 Å². The fraction of sp³-hybridized carbons (Fsp3) is 0.350. The summed E-state index contributed by atoms with van der Waals surface area (Å²) in [6.45, 7) is 2.93. The summed E-state index contributed by atoms with van der Waals surface area (Å²) < 4.78 is 16.2. The van der Waals surface area contributed by atoms with E-state index in [4.69, 9.17) is 25.8 Å². The summed E-state index contributed by atoms with van der Waals surface area (Å²) in [6.07, 6.45) is 0. The average Bonchev–Trinajstić information content (AvgIpc) is 3.03. The first-order valence-electron chi connectivity index (χ1n) is 8.91. The number of methoxy groups -OCH3 is 2. The Labute approximate surface area is 178 Å². The van der Waals surface area contributed by atoms with Gasteiger partial charge in [-0.3, -0.25) is 4.79 Å². The van der Waals surface area contributed by atoms with Crippen LogP contribution in [0.2, 0.25) is 5.02 Å². The Morgan fingerprint density at radius 3 is 2.76 bits per heavy atom. The Kier molecular flexibility index (Phi) is 6.89. The number of nitrogens with zero attached hydrogens (tertiary/aromatic N) is 3. The molecule has 0 saturated carbocycles. The normalized spacial score (nSPS) is 10.9. The number of hydrogen-bond acceptors (Lipinski definition) is 7. The molecule has 0 aliphatic heterocycles. The molecule has 3 rings (SSSR count). The predicted molar refractivity (Wildman–Crippen MR) is 113 cm³/mol. The van der Waals surface area contributed by atoms with Crippen LogP contribution in [-0.4, -0.2) is 55.2 Å². The van der Waals surface area contributed by atoms with Gasteiger partial charge in [-0.15, -0.1) is 11.3 Å². The largest absolute Gasteiger partial charge is 0.492 e. The summed E-state index contributed by atoms with van der Waals surface area (Å²) in [5.41, 5.74) is 0.804. The molecular weight excluding hydrogens is 414 g/mol. The molecule has 1 aromatic carbocycles. The van der Waals surface area contributed by atoms with Crippen molar-refractivity contribution in [1.29, 1.82) is 0 Å². The topological polar surface area (TPSA) is 73.8 Å². The first kappa shape index (κ1) is 21.3. The summed E-state index contributed by atoms with van der Waals surface area (Å²) in [6, 6.07) is 7.16. The number of hydrogen-bond donors (Lipinski definition) is 0. The fourth-order valence-electron chi connectivity index (χ4n) is 2.82. The lowest BCUT2D eigenvalue weighted by Crippen LogP contribution is -2.30. The summed E-state index contributed by atoms with van der Waals surface area (Å²) >= 11 is 7.28. The second-order valence-corrected chi connectivity index (χ2v) is 7.79. The lowest BCUT2D eigenvalue weighted by Gasteiger charge is -2.17. The summed E-state index contributed by atoms with van der Waals surface area (Å²) in [5, 5.41) is 1.36. The van der Waals surface area contributed by atoms with Crippen molar-refractivity contribution in [3.05, 3.63) is 45.6 Å². The molecule has 0 aliphatic carbocycles. The average molecular weight is 436 g/mol. The molecular formula is C20H22ClN3O4S. The van der Waals surface area contributed by atoms with Crippen molar-refractivity contribution < 1.29 is 19.0 Å². The van der Waals surface area contributed by atoms with Crippen LogP contribution in [0, 0.1) is 6.92 Å². The lowest BCUT2D eigenvalue weighted by molar-refractivity contribution is 0.0778. The van der Waals surface area contributed by atoms with Gasteiger partial charge in [0.1, 0.15) is 23.8 Å². The Morgan fingerprint density at radius 2 is 2.07 bits per heavy atom. The van der Waals surface area contributed by atoms with Crippen molar-refractivity contribution in [2.75, 3.05) is 34.4 Å². The van der Waals surface area contributed by atoms with Crippen LogP contribution in [0.4, 0.5) is 0 Å². The number of aryl methyl sites for hydroxylation is 1. The van der Waals surface area contributed by atoms with E-state index >= 15 is 0 Å². The fourth-order valence-corrected chi connectivity index (χ4v) is 4.19. The summed E-state index contributed by atoms with van der Waals surface area (Å²) in [4.78, 5) is 24.8. The number of halogens is 1. The molecule has 2 heterocycles. The van der Waals surface area contributed by atoms with E-state index in [-0.39, 0.29) is 12.5 Å². The zero-order valence-electron chi connectivity index (χ0n) is 16.7. The second-order valence-electron chi connectivity index (χ2n) is 6.35. The van der Waals surface area contributed by atoms with E-state index in [0.29, 0.717) is 45.3 Å². The third kappa shape index (κ3) is 4.77. The smallest absolute Gasteiger partial charge is 0.264 e. The minimum Gasteiger partial charge on any atom is -0.492 e. The maximum Gasteiger partial charge on any atom is 0.264 e. The van der Waals surface area contributed by atoms with Gasteiger partial charge in [0.2, 0.25) is 5.88 Å². The second kappa shape index (κ2) is 9.39. The number of amides is 1. The molecule has 0 atom stereocenters. The monoisotopic (exact) mass is 435 g/mol. The van der Waals surface area contributed by atoms with E-state index < -0.39 is 0 Å². The van der Waals surface area contributed by atoms with Gasteiger partial charge in [-0.25, -0.2) is 4.98 Å². The van der Waals surface area contributed by atoms with E-state index in [0.717, 1.165) is 10.9 Å². The van der Waals surface area contributed by atoms with Gasteiger partial charge >= 0.3 is 0 Å². The van der Waals surface area contributed by atoms with Crippen LogP contribution in [0.3, 0.4) is 0 Å². The van der Waals surface area contributed by atoms with Crippen LogP contribution in [0.15, 0.2) is 24.3 Å². The Hall–Kier alpha value is -2.42. The highest BCUT2D eigenvalue weighted by atomic mass is 35.5. The van der Waals surface area contributed by atoms with Crippen molar-refractivity contribution in [2.24, 2.45) is 0 Å². The first-order valence-corrected chi connectivity index (χ1v) is 10.1. The SMILES string of the molecule is COCc1nc(OC)c2c(C)c(C(=O)N(C)CCOc3cccc(Cl)c3)sc2n1. The van der Waals surface area contributed by atoms with Crippen LogP contribution >= 0.6 is 22.9 Å². The number of ether oxygens (including phenoxy) is 3. The van der Waals surface area contributed by atoms with Gasteiger partial charge in [-0.05, 0) is 30.7 Å². The van der Waals surface area contributed by atoms with Gasteiger partial charge in [-0.1, -0.05) is 17.7 Å². The zero-order chi connectivity index (χ0) is 21.0. The molecule has 29 heavy (non-hydrogen) atoms. The van der Waals surface area contributed by atoms with Crippen LogP contribution < -0.4 is 9.47 Å². The van der Waals surface area contributed by atoms with Gasteiger partial charge in [-0.2, -0.15) is 4.98 Å². The third-order valence-corrected chi connectivity index (χ3v) is 5.71. The van der Waals surface area contributed by atoms with E-state index in [1.807, 2.05) is 19.1 Å². The van der Waals surface area contributed by atoms with Gasteiger partial charge in [0.25, 0.3) is 5.91 Å². The Balaban J connectivity index is 1.76. The molecule has 0 bridgehead atoms. The van der Waals surface area contributed by atoms with Crippen molar-refractivity contribution >= 4 is 39.1 Å². The summed E-state index contributed by atoms with van der Waals surface area (Å²) in [7, 11) is 4.87. The Morgan fingerprint density at radius 1 is 1.28 bits per heavy atom. The number of rotatable bonds is 8. The molecule has 0 radical (unpaired) electrons. The van der Waals surface area contributed by atoms with E-state index in [1.165, 1.54) is 11.3 Å². The quantitative estimate of drug-likeness (QED) is 0.533. The maximum absolute atomic E-state index is 13.0. The first-order chi connectivity index (χ1) is 13.9. The molecule has 7 nitrogen and oxygen atoms in total. The number of thiophene rings is 1. The molecule has 1 amide bonds. The molecule has 0 unspecified atom stereocenters. The molecule has 0 saturated heterocycles. The van der Waals surface area contributed by atoms with Gasteiger partial charge in [0.05, 0.1) is 23.9 Å². The van der Waals surface area contributed by atoms with Gasteiger partial charge < -0.3 is 19.1 Å². The molecule has 0 N–H and O–H groups in total.